The number of fused-ring (bicyclic) bond motifs is 1. The van der Waals surface area contributed by atoms with Crippen molar-refractivity contribution in [3.63, 3.8) is 0 Å². The largest absolute Gasteiger partial charge is 0.439 e. The summed E-state index contributed by atoms with van der Waals surface area (Å²) < 4.78 is 20.5. The van der Waals surface area contributed by atoms with Gasteiger partial charge in [0, 0.05) is 50.4 Å². The van der Waals surface area contributed by atoms with Crippen molar-refractivity contribution < 1.29 is 9.13 Å². The summed E-state index contributed by atoms with van der Waals surface area (Å²) in [5.74, 6) is 2.35. The maximum absolute atomic E-state index is 12.9. The van der Waals surface area contributed by atoms with E-state index < -0.39 is 0 Å². The Hall–Kier alpha value is -2.93. The summed E-state index contributed by atoms with van der Waals surface area (Å²) in [4.78, 5) is 4.30. The molecule has 1 aliphatic heterocycles. The Kier molecular flexibility index (Phi) is 4.79. The smallest absolute Gasteiger partial charge is 0.219 e. The number of nitrogens with one attached hydrogen (secondary N) is 2. The first-order chi connectivity index (χ1) is 12.8. The van der Waals surface area contributed by atoms with Crippen LogP contribution in [0.3, 0.4) is 0 Å². The van der Waals surface area contributed by atoms with E-state index in [1.807, 2.05) is 29.1 Å². The average Bonchev–Trinajstić information content (AvgIpc) is 3.13. The second-order valence-corrected chi connectivity index (χ2v) is 6.34. The number of aromatic nitrogens is 3. The standard InChI is InChI=1S/C19H20FN5O/c20-16-2-4-17(5-3-16)26-19-6-1-14(11-23-19)9-21-10-15-12-22-18-7-8-24-25(18)13-15/h1-8,11,15,21-22H,9-10,12-13H2/t15-/m1/s1. The molecule has 1 atom stereocenters. The highest BCUT2D eigenvalue weighted by Crippen LogP contribution is 2.20. The summed E-state index contributed by atoms with van der Waals surface area (Å²) in [6.45, 7) is 3.51. The Labute approximate surface area is 151 Å². The van der Waals surface area contributed by atoms with E-state index in [1.54, 1.807) is 18.3 Å². The number of rotatable bonds is 6. The molecule has 0 fully saturated rings. The minimum atomic E-state index is -0.288. The molecular formula is C19H20FN5O. The van der Waals surface area contributed by atoms with Crippen LogP contribution in [0.4, 0.5) is 10.2 Å². The van der Waals surface area contributed by atoms with Gasteiger partial charge in [-0.2, -0.15) is 5.10 Å². The third kappa shape index (κ3) is 4.00. The number of ether oxygens (including phenoxy) is 1. The van der Waals surface area contributed by atoms with E-state index in [0.717, 1.165) is 37.6 Å². The van der Waals surface area contributed by atoms with Gasteiger partial charge in [0.1, 0.15) is 17.4 Å². The molecule has 7 heteroatoms. The Morgan fingerprint density at radius 3 is 2.88 bits per heavy atom. The SMILES string of the molecule is Fc1ccc(Oc2ccc(CNC[C@@H]3CNc4ccnn4C3)cn2)cc1. The summed E-state index contributed by atoms with van der Waals surface area (Å²) in [6.07, 6.45) is 3.61. The van der Waals surface area contributed by atoms with E-state index in [9.17, 15) is 4.39 Å². The van der Waals surface area contributed by atoms with E-state index in [2.05, 4.69) is 20.7 Å². The maximum Gasteiger partial charge on any atom is 0.219 e. The number of halogens is 1. The Morgan fingerprint density at radius 2 is 2.08 bits per heavy atom. The predicted octanol–water partition coefficient (Wildman–Crippen LogP) is 3.04. The highest BCUT2D eigenvalue weighted by Gasteiger charge is 2.17. The molecule has 0 aliphatic carbocycles. The molecule has 4 rings (SSSR count). The fourth-order valence-electron chi connectivity index (χ4n) is 2.94. The van der Waals surface area contributed by atoms with Gasteiger partial charge in [-0.1, -0.05) is 6.07 Å². The average molecular weight is 353 g/mol. The van der Waals surface area contributed by atoms with Crippen molar-refractivity contribution in [3.05, 3.63) is 66.2 Å². The molecule has 0 radical (unpaired) electrons. The zero-order valence-electron chi connectivity index (χ0n) is 14.2. The molecule has 1 aliphatic rings. The highest BCUT2D eigenvalue weighted by molar-refractivity contribution is 5.35. The lowest BCUT2D eigenvalue weighted by Crippen LogP contribution is -2.35. The maximum atomic E-state index is 12.9. The Bertz CT molecular complexity index is 847. The number of nitrogens with zero attached hydrogens (tertiary/aromatic N) is 3. The molecule has 2 N–H and O–H groups in total. The fraction of sp³-hybridized carbons (Fsp3) is 0.263. The van der Waals surface area contributed by atoms with Crippen LogP contribution in [0.25, 0.3) is 0 Å². The monoisotopic (exact) mass is 353 g/mol. The summed E-state index contributed by atoms with van der Waals surface area (Å²) in [5, 5.41) is 11.2. The molecule has 0 saturated carbocycles. The third-order valence-corrected chi connectivity index (χ3v) is 4.32. The quantitative estimate of drug-likeness (QED) is 0.713. The molecule has 0 saturated heterocycles. The molecule has 2 aromatic heterocycles. The summed E-state index contributed by atoms with van der Waals surface area (Å²) in [7, 11) is 0. The molecule has 3 heterocycles. The molecule has 6 nitrogen and oxygen atoms in total. The summed E-state index contributed by atoms with van der Waals surface area (Å²) >= 11 is 0. The van der Waals surface area contributed by atoms with Gasteiger partial charge in [0.25, 0.3) is 0 Å². The second-order valence-electron chi connectivity index (χ2n) is 6.34. The third-order valence-electron chi connectivity index (χ3n) is 4.32. The molecule has 0 bridgehead atoms. The van der Waals surface area contributed by atoms with Gasteiger partial charge in [0.2, 0.25) is 5.88 Å². The van der Waals surface area contributed by atoms with Gasteiger partial charge in [0.05, 0.1) is 6.20 Å². The number of pyridine rings is 1. The van der Waals surface area contributed by atoms with E-state index in [-0.39, 0.29) is 5.82 Å². The van der Waals surface area contributed by atoms with Gasteiger partial charge in [-0.3, -0.25) is 0 Å². The number of anilines is 1. The molecular weight excluding hydrogens is 333 g/mol. The van der Waals surface area contributed by atoms with Crippen molar-refractivity contribution in [3.8, 4) is 11.6 Å². The Morgan fingerprint density at radius 1 is 1.19 bits per heavy atom. The van der Waals surface area contributed by atoms with Crippen LogP contribution >= 0.6 is 0 Å². The zero-order chi connectivity index (χ0) is 17.8. The minimum Gasteiger partial charge on any atom is -0.439 e. The predicted molar refractivity (Wildman–Crippen MR) is 96.6 cm³/mol. The first-order valence-corrected chi connectivity index (χ1v) is 8.61. The van der Waals surface area contributed by atoms with Crippen LogP contribution in [0.15, 0.2) is 54.9 Å². The molecule has 1 aromatic carbocycles. The van der Waals surface area contributed by atoms with Gasteiger partial charge >= 0.3 is 0 Å². The van der Waals surface area contributed by atoms with Gasteiger partial charge in [-0.25, -0.2) is 14.1 Å². The number of hydrogen-bond donors (Lipinski definition) is 2. The van der Waals surface area contributed by atoms with Gasteiger partial charge in [-0.15, -0.1) is 0 Å². The molecule has 0 spiro atoms. The first-order valence-electron chi connectivity index (χ1n) is 8.61. The van der Waals surface area contributed by atoms with E-state index in [0.29, 0.717) is 17.5 Å². The second kappa shape index (κ2) is 7.53. The highest BCUT2D eigenvalue weighted by atomic mass is 19.1. The van der Waals surface area contributed by atoms with Gasteiger partial charge in [0.15, 0.2) is 0 Å². The lowest BCUT2D eigenvalue weighted by Gasteiger charge is -2.25. The van der Waals surface area contributed by atoms with E-state index >= 15 is 0 Å². The lowest BCUT2D eigenvalue weighted by molar-refractivity contribution is 0.391. The number of benzene rings is 1. The first kappa shape index (κ1) is 16.5. The van der Waals surface area contributed by atoms with Crippen LogP contribution in [0.1, 0.15) is 5.56 Å². The van der Waals surface area contributed by atoms with E-state index in [1.165, 1.54) is 12.1 Å². The topological polar surface area (TPSA) is 64.0 Å². The molecule has 3 aromatic rings. The van der Waals surface area contributed by atoms with Crippen molar-refractivity contribution in [1.82, 2.24) is 20.1 Å². The van der Waals surface area contributed by atoms with Crippen molar-refractivity contribution in [2.24, 2.45) is 5.92 Å². The van der Waals surface area contributed by atoms with Crippen LogP contribution in [0.5, 0.6) is 11.6 Å². The summed E-state index contributed by atoms with van der Waals surface area (Å²) in [6, 6.07) is 11.7. The van der Waals surface area contributed by atoms with Crippen molar-refractivity contribution in [1.29, 1.82) is 0 Å². The van der Waals surface area contributed by atoms with Crippen molar-refractivity contribution in [2.45, 2.75) is 13.1 Å². The van der Waals surface area contributed by atoms with Crippen LogP contribution in [-0.2, 0) is 13.1 Å². The van der Waals surface area contributed by atoms with Crippen LogP contribution in [-0.4, -0.2) is 27.9 Å². The normalized spacial score (nSPS) is 16.0. The minimum absolute atomic E-state index is 0.288. The van der Waals surface area contributed by atoms with Gasteiger partial charge < -0.3 is 15.4 Å². The van der Waals surface area contributed by atoms with Gasteiger partial charge in [-0.05, 0) is 29.8 Å². The Balaban J connectivity index is 1.25. The molecule has 134 valence electrons. The fourth-order valence-corrected chi connectivity index (χ4v) is 2.94. The van der Waals surface area contributed by atoms with Crippen molar-refractivity contribution >= 4 is 5.82 Å². The molecule has 26 heavy (non-hydrogen) atoms. The van der Waals surface area contributed by atoms with E-state index in [4.69, 9.17) is 4.74 Å². The molecule has 0 unspecified atom stereocenters. The van der Waals surface area contributed by atoms with Crippen LogP contribution in [0.2, 0.25) is 0 Å². The lowest BCUT2D eigenvalue weighted by atomic mass is 10.1. The van der Waals surface area contributed by atoms with Crippen LogP contribution < -0.4 is 15.4 Å². The number of hydrogen-bond acceptors (Lipinski definition) is 5. The summed E-state index contributed by atoms with van der Waals surface area (Å²) in [5.41, 5.74) is 1.08. The van der Waals surface area contributed by atoms with Crippen LogP contribution in [0, 0.1) is 11.7 Å². The zero-order valence-corrected chi connectivity index (χ0v) is 14.2. The van der Waals surface area contributed by atoms with Crippen molar-refractivity contribution in [2.75, 3.05) is 18.4 Å². The molecule has 0 amide bonds.